The lowest BCUT2D eigenvalue weighted by molar-refractivity contribution is -0.123. The lowest BCUT2D eigenvalue weighted by Gasteiger charge is -2.11. The fourth-order valence-corrected chi connectivity index (χ4v) is 2.27. The zero-order valence-electron chi connectivity index (χ0n) is 13.2. The summed E-state index contributed by atoms with van der Waals surface area (Å²) in [5, 5.41) is 0.605. The number of rotatable bonds is 4. The van der Waals surface area contributed by atoms with Crippen LogP contribution >= 0.6 is 23.2 Å². The first-order valence-electron chi connectivity index (χ1n) is 7.11. The summed E-state index contributed by atoms with van der Waals surface area (Å²) >= 11 is 11.6. The van der Waals surface area contributed by atoms with Gasteiger partial charge in [0, 0.05) is 5.56 Å². The number of carbonyl (C=O) groups is 2. The van der Waals surface area contributed by atoms with Crippen LogP contribution in [0.4, 0.5) is 0 Å². The topological polar surface area (TPSA) is 67.4 Å². The second-order valence-corrected chi connectivity index (χ2v) is 6.00. The molecule has 2 aromatic carbocycles. The molecule has 0 atom stereocenters. The fraction of sp³-hybridized carbons (Fsp3) is 0.176. The maximum absolute atomic E-state index is 11.9. The molecule has 0 saturated carbocycles. The van der Waals surface area contributed by atoms with E-state index in [1.807, 2.05) is 26.0 Å². The molecular weight excluding hydrogens is 351 g/mol. The summed E-state index contributed by atoms with van der Waals surface area (Å²) < 4.78 is 5.42. The van der Waals surface area contributed by atoms with Crippen LogP contribution in [0.25, 0.3) is 0 Å². The van der Waals surface area contributed by atoms with Gasteiger partial charge in [0.2, 0.25) is 0 Å². The lowest BCUT2D eigenvalue weighted by atomic mass is 10.1. The number of halogens is 2. The van der Waals surface area contributed by atoms with E-state index in [1.54, 1.807) is 6.07 Å². The molecular formula is C17H16Cl2N2O3. The monoisotopic (exact) mass is 366 g/mol. The molecule has 0 saturated heterocycles. The maximum Gasteiger partial charge on any atom is 0.276 e. The molecule has 0 heterocycles. The molecule has 0 unspecified atom stereocenters. The molecule has 0 fully saturated rings. The zero-order valence-corrected chi connectivity index (χ0v) is 14.7. The van der Waals surface area contributed by atoms with Crippen LogP contribution in [0.1, 0.15) is 21.5 Å². The Morgan fingerprint density at radius 2 is 1.75 bits per heavy atom. The molecule has 24 heavy (non-hydrogen) atoms. The summed E-state index contributed by atoms with van der Waals surface area (Å²) in [7, 11) is 0. The molecule has 2 N–H and O–H groups in total. The number of hydrogen-bond donors (Lipinski definition) is 2. The first-order chi connectivity index (χ1) is 11.4. The second kappa shape index (κ2) is 8.04. The summed E-state index contributed by atoms with van der Waals surface area (Å²) in [6.07, 6.45) is 0. The van der Waals surface area contributed by atoms with Crippen LogP contribution in [0, 0.1) is 13.8 Å². The molecule has 0 aliphatic carbocycles. The average Bonchev–Trinajstić information content (AvgIpc) is 2.54. The van der Waals surface area contributed by atoms with Gasteiger partial charge in [-0.1, -0.05) is 40.9 Å². The van der Waals surface area contributed by atoms with Gasteiger partial charge in [-0.2, -0.15) is 0 Å². The van der Waals surface area contributed by atoms with Crippen molar-refractivity contribution < 1.29 is 14.3 Å². The van der Waals surface area contributed by atoms with Crippen LogP contribution < -0.4 is 15.6 Å². The van der Waals surface area contributed by atoms with Crippen molar-refractivity contribution in [3.8, 4) is 5.75 Å². The van der Waals surface area contributed by atoms with Crippen molar-refractivity contribution in [1.82, 2.24) is 10.9 Å². The van der Waals surface area contributed by atoms with Crippen LogP contribution in [-0.2, 0) is 4.79 Å². The van der Waals surface area contributed by atoms with Gasteiger partial charge in [-0.05, 0) is 43.7 Å². The molecule has 0 aliphatic heterocycles. The Morgan fingerprint density at radius 1 is 1.00 bits per heavy atom. The highest BCUT2D eigenvalue weighted by Gasteiger charge is 2.10. The minimum absolute atomic E-state index is 0.217. The van der Waals surface area contributed by atoms with E-state index in [9.17, 15) is 9.59 Å². The molecule has 5 nitrogen and oxygen atoms in total. The van der Waals surface area contributed by atoms with Crippen LogP contribution in [-0.4, -0.2) is 18.4 Å². The van der Waals surface area contributed by atoms with Crippen molar-refractivity contribution in [3.05, 3.63) is 63.1 Å². The number of hydrazine groups is 1. The van der Waals surface area contributed by atoms with E-state index in [0.717, 1.165) is 11.1 Å². The predicted molar refractivity (Wildman–Crippen MR) is 93.5 cm³/mol. The number of carbonyl (C=O) groups excluding carboxylic acids is 2. The number of aryl methyl sites for hydroxylation is 2. The van der Waals surface area contributed by atoms with Crippen LogP contribution in [0.2, 0.25) is 10.0 Å². The predicted octanol–water partition coefficient (Wildman–Crippen LogP) is 3.45. The molecule has 0 radical (unpaired) electrons. The number of ether oxygens (including phenoxy) is 1. The maximum atomic E-state index is 11.9. The Balaban J connectivity index is 1.84. The quantitative estimate of drug-likeness (QED) is 0.814. The molecule has 2 amide bonds. The van der Waals surface area contributed by atoms with Gasteiger partial charge in [-0.3, -0.25) is 20.4 Å². The van der Waals surface area contributed by atoms with Crippen LogP contribution in [0.5, 0.6) is 5.75 Å². The Labute approximate surface area is 149 Å². The molecule has 2 aromatic rings. The Bertz CT molecular complexity index is 778. The summed E-state index contributed by atoms with van der Waals surface area (Å²) in [5.74, 6) is -0.372. The highest BCUT2D eigenvalue weighted by Crippen LogP contribution is 2.22. The summed E-state index contributed by atoms with van der Waals surface area (Å²) in [6.45, 7) is 3.65. The van der Waals surface area contributed by atoms with Gasteiger partial charge in [0.15, 0.2) is 6.61 Å². The van der Waals surface area contributed by atoms with Gasteiger partial charge in [-0.15, -0.1) is 0 Å². The van der Waals surface area contributed by atoms with E-state index >= 15 is 0 Å². The summed E-state index contributed by atoms with van der Waals surface area (Å²) in [6, 6.07) is 10.1. The SMILES string of the molecule is Cc1ccc(OCC(=O)NNC(=O)c2ccc(Cl)c(Cl)c2)c(C)c1. The molecule has 0 aliphatic rings. The van der Waals surface area contributed by atoms with Crippen molar-refractivity contribution in [2.45, 2.75) is 13.8 Å². The highest BCUT2D eigenvalue weighted by molar-refractivity contribution is 6.42. The van der Waals surface area contributed by atoms with Crippen LogP contribution in [0.3, 0.4) is 0 Å². The van der Waals surface area contributed by atoms with Gasteiger partial charge in [0.1, 0.15) is 5.75 Å². The van der Waals surface area contributed by atoms with Gasteiger partial charge < -0.3 is 4.74 Å². The zero-order chi connectivity index (χ0) is 17.7. The van der Waals surface area contributed by atoms with Gasteiger partial charge in [-0.25, -0.2) is 0 Å². The smallest absolute Gasteiger partial charge is 0.276 e. The number of hydrogen-bond acceptors (Lipinski definition) is 3. The third-order valence-electron chi connectivity index (χ3n) is 3.19. The minimum Gasteiger partial charge on any atom is -0.483 e. The third kappa shape index (κ3) is 4.88. The highest BCUT2D eigenvalue weighted by atomic mass is 35.5. The van der Waals surface area contributed by atoms with E-state index in [1.165, 1.54) is 18.2 Å². The lowest BCUT2D eigenvalue weighted by Crippen LogP contribution is -2.43. The molecule has 0 bridgehead atoms. The third-order valence-corrected chi connectivity index (χ3v) is 3.93. The Kier molecular flexibility index (Phi) is 6.06. The van der Waals surface area contributed by atoms with Gasteiger partial charge >= 0.3 is 0 Å². The number of nitrogens with one attached hydrogen (secondary N) is 2. The van der Waals surface area contributed by atoms with Gasteiger partial charge in [0.05, 0.1) is 10.0 Å². The molecule has 126 valence electrons. The largest absolute Gasteiger partial charge is 0.483 e. The van der Waals surface area contributed by atoms with Crippen molar-refractivity contribution in [1.29, 1.82) is 0 Å². The van der Waals surface area contributed by atoms with E-state index in [0.29, 0.717) is 10.8 Å². The van der Waals surface area contributed by atoms with Crippen LogP contribution in [0.15, 0.2) is 36.4 Å². The summed E-state index contributed by atoms with van der Waals surface area (Å²) in [4.78, 5) is 23.7. The van der Waals surface area contributed by atoms with Crippen molar-refractivity contribution in [2.24, 2.45) is 0 Å². The first-order valence-corrected chi connectivity index (χ1v) is 7.86. The molecule has 0 spiro atoms. The average molecular weight is 367 g/mol. The normalized spacial score (nSPS) is 10.2. The van der Waals surface area contributed by atoms with Crippen molar-refractivity contribution in [3.63, 3.8) is 0 Å². The Morgan fingerprint density at radius 3 is 2.42 bits per heavy atom. The minimum atomic E-state index is -0.506. The molecule has 0 aromatic heterocycles. The van der Waals surface area contributed by atoms with E-state index in [4.69, 9.17) is 27.9 Å². The Hall–Kier alpha value is -2.24. The standard InChI is InChI=1S/C17H16Cl2N2O3/c1-10-3-6-15(11(2)7-10)24-9-16(22)20-21-17(23)12-4-5-13(18)14(19)8-12/h3-8H,9H2,1-2H3,(H,20,22)(H,21,23). The van der Waals surface area contributed by atoms with Gasteiger partial charge in [0.25, 0.3) is 11.8 Å². The second-order valence-electron chi connectivity index (χ2n) is 5.19. The summed E-state index contributed by atoms with van der Waals surface area (Å²) in [5.41, 5.74) is 6.88. The van der Waals surface area contributed by atoms with Crippen molar-refractivity contribution in [2.75, 3.05) is 6.61 Å². The first kappa shape index (κ1) is 18.1. The van der Waals surface area contributed by atoms with E-state index in [-0.39, 0.29) is 17.2 Å². The van der Waals surface area contributed by atoms with E-state index < -0.39 is 11.8 Å². The van der Waals surface area contributed by atoms with E-state index in [2.05, 4.69) is 10.9 Å². The number of amides is 2. The fourth-order valence-electron chi connectivity index (χ4n) is 1.98. The van der Waals surface area contributed by atoms with Crippen molar-refractivity contribution >= 4 is 35.0 Å². The molecule has 7 heteroatoms. The molecule has 2 rings (SSSR count). The number of benzene rings is 2.